The third-order valence-electron chi connectivity index (χ3n) is 4.85. The monoisotopic (exact) mass is 432 g/mol. The van der Waals surface area contributed by atoms with Crippen molar-refractivity contribution in [2.45, 2.75) is 0 Å². The van der Waals surface area contributed by atoms with Crippen molar-refractivity contribution in [2.24, 2.45) is 0 Å². The molecule has 0 unspecified atom stereocenters. The van der Waals surface area contributed by atoms with Crippen molar-refractivity contribution >= 4 is 23.2 Å². The molecule has 0 atom stereocenters. The van der Waals surface area contributed by atoms with Crippen LogP contribution in [0.4, 0.5) is 5.69 Å². The van der Waals surface area contributed by atoms with Gasteiger partial charge in [0.1, 0.15) is 0 Å². The number of methoxy groups -OCH3 is 3. The van der Waals surface area contributed by atoms with E-state index < -0.39 is 11.9 Å². The zero-order valence-electron chi connectivity index (χ0n) is 17.7. The molecule has 0 saturated heterocycles. The number of benzene rings is 2. The molecule has 0 fully saturated rings. The van der Waals surface area contributed by atoms with E-state index in [-0.39, 0.29) is 11.3 Å². The maximum atomic E-state index is 12.9. The Morgan fingerprint density at radius 2 is 1.72 bits per heavy atom. The Labute approximate surface area is 183 Å². The van der Waals surface area contributed by atoms with Crippen LogP contribution in [0.2, 0.25) is 0 Å². The van der Waals surface area contributed by atoms with Crippen LogP contribution in [-0.4, -0.2) is 47.8 Å². The molecule has 4 rings (SSSR count). The highest BCUT2D eigenvalue weighted by Crippen LogP contribution is 2.32. The van der Waals surface area contributed by atoms with Gasteiger partial charge in [0.2, 0.25) is 0 Å². The molecule has 0 aliphatic heterocycles. The number of rotatable bonds is 6. The van der Waals surface area contributed by atoms with Crippen LogP contribution in [0.15, 0.2) is 60.8 Å². The minimum atomic E-state index is -0.548. The van der Waals surface area contributed by atoms with Crippen LogP contribution >= 0.6 is 0 Å². The number of hydrogen-bond donors (Lipinski definition) is 1. The first-order valence-corrected chi connectivity index (χ1v) is 9.61. The average Bonchev–Trinajstić information content (AvgIpc) is 3.28. The average molecular weight is 432 g/mol. The number of aromatic nitrogens is 3. The fraction of sp³-hybridized carbons (Fsp3) is 0.130. The van der Waals surface area contributed by atoms with E-state index in [0.717, 1.165) is 5.56 Å². The molecule has 162 valence electrons. The summed E-state index contributed by atoms with van der Waals surface area (Å²) >= 11 is 0. The lowest BCUT2D eigenvalue weighted by Crippen LogP contribution is -2.16. The Hall–Kier alpha value is -4.40. The number of para-hydroxylation sites is 1. The summed E-state index contributed by atoms with van der Waals surface area (Å²) in [6.07, 6.45) is 1.64. The number of fused-ring (bicyclic) bond motifs is 1. The quantitative estimate of drug-likeness (QED) is 0.465. The number of carbonyl (C=O) groups is 2. The summed E-state index contributed by atoms with van der Waals surface area (Å²) in [5.41, 5.74) is 2.73. The zero-order valence-corrected chi connectivity index (χ0v) is 17.7. The van der Waals surface area contributed by atoms with E-state index in [1.807, 2.05) is 12.1 Å². The van der Waals surface area contributed by atoms with Gasteiger partial charge in [0.15, 0.2) is 22.8 Å². The summed E-state index contributed by atoms with van der Waals surface area (Å²) in [6.45, 7) is 0. The van der Waals surface area contributed by atoms with E-state index >= 15 is 0 Å². The summed E-state index contributed by atoms with van der Waals surface area (Å²) in [5.74, 6) is 0.143. The third kappa shape index (κ3) is 3.83. The maximum Gasteiger partial charge on any atom is 0.339 e. The molecule has 0 aliphatic carbocycles. The van der Waals surface area contributed by atoms with E-state index in [1.165, 1.54) is 7.11 Å². The van der Waals surface area contributed by atoms with Crippen molar-refractivity contribution in [3.63, 3.8) is 0 Å². The number of ether oxygens (including phenoxy) is 3. The molecule has 0 bridgehead atoms. The zero-order chi connectivity index (χ0) is 22.7. The highest BCUT2D eigenvalue weighted by Gasteiger charge is 2.18. The van der Waals surface area contributed by atoms with E-state index in [1.54, 1.807) is 67.4 Å². The van der Waals surface area contributed by atoms with Crippen LogP contribution in [0.1, 0.15) is 20.8 Å². The van der Waals surface area contributed by atoms with Crippen molar-refractivity contribution in [3.8, 4) is 22.8 Å². The number of carbonyl (C=O) groups excluding carboxylic acids is 2. The standard InChI is InChI=1S/C23H20N4O5/c1-30-19-9-8-14(12-20(19)31-2)18-10-11-24-21-13-17(26-27(18)21)22(28)25-16-7-5-4-6-15(16)23(29)32-3/h4-13H,1-3H3,(H,25,28). The molecular formula is C23H20N4O5. The summed E-state index contributed by atoms with van der Waals surface area (Å²) in [7, 11) is 4.41. The van der Waals surface area contributed by atoms with E-state index in [0.29, 0.717) is 28.5 Å². The second kappa shape index (κ2) is 8.76. The molecule has 0 spiro atoms. The molecular weight excluding hydrogens is 412 g/mol. The first-order chi connectivity index (χ1) is 15.5. The minimum absolute atomic E-state index is 0.144. The largest absolute Gasteiger partial charge is 0.493 e. The predicted molar refractivity (Wildman–Crippen MR) is 117 cm³/mol. The lowest BCUT2D eigenvalue weighted by Gasteiger charge is -2.10. The second-order valence-corrected chi connectivity index (χ2v) is 6.69. The normalized spacial score (nSPS) is 10.6. The molecule has 9 nitrogen and oxygen atoms in total. The van der Waals surface area contributed by atoms with Crippen molar-refractivity contribution in [3.05, 3.63) is 72.1 Å². The second-order valence-electron chi connectivity index (χ2n) is 6.69. The summed E-state index contributed by atoms with van der Waals surface area (Å²) in [6, 6.07) is 15.4. The molecule has 0 radical (unpaired) electrons. The number of esters is 1. The van der Waals surface area contributed by atoms with Gasteiger partial charge in [-0.2, -0.15) is 5.10 Å². The van der Waals surface area contributed by atoms with Crippen LogP contribution in [0, 0.1) is 0 Å². The van der Waals surface area contributed by atoms with Crippen LogP contribution in [0.25, 0.3) is 16.9 Å². The number of nitrogens with zero attached hydrogens (tertiary/aromatic N) is 3. The summed E-state index contributed by atoms with van der Waals surface area (Å²) < 4.78 is 17.0. The van der Waals surface area contributed by atoms with Gasteiger partial charge in [0.05, 0.1) is 38.3 Å². The van der Waals surface area contributed by atoms with Crippen LogP contribution in [0.3, 0.4) is 0 Å². The SMILES string of the molecule is COC(=O)c1ccccc1NC(=O)c1cc2nccc(-c3ccc(OC)c(OC)c3)n2n1. The Morgan fingerprint density at radius 3 is 2.47 bits per heavy atom. The highest BCUT2D eigenvalue weighted by molar-refractivity contribution is 6.07. The van der Waals surface area contributed by atoms with Crippen molar-refractivity contribution in [1.82, 2.24) is 14.6 Å². The van der Waals surface area contributed by atoms with Gasteiger partial charge in [-0.05, 0) is 36.4 Å². The van der Waals surface area contributed by atoms with E-state index in [9.17, 15) is 9.59 Å². The van der Waals surface area contributed by atoms with Gasteiger partial charge >= 0.3 is 5.97 Å². The molecule has 1 N–H and O–H groups in total. The molecule has 2 heterocycles. The van der Waals surface area contributed by atoms with Crippen LogP contribution in [-0.2, 0) is 4.74 Å². The molecule has 0 saturated carbocycles. The molecule has 32 heavy (non-hydrogen) atoms. The topological polar surface area (TPSA) is 104 Å². The first kappa shape index (κ1) is 20.9. The molecule has 1 amide bonds. The fourth-order valence-corrected chi connectivity index (χ4v) is 3.29. The lowest BCUT2D eigenvalue weighted by atomic mass is 10.1. The van der Waals surface area contributed by atoms with Crippen molar-refractivity contribution in [2.75, 3.05) is 26.6 Å². The molecule has 4 aromatic rings. The van der Waals surface area contributed by atoms with Crippen molar-refractivity contribution in [1.29, 1.82) is 0 Å². The first-order valence-electron chi connectivity index (χ1n) is 9.61. The van der Waals surface area contributed by atoms with Crippen molar-refractivity contribution < 1.29 is 23.8 Å². The van der Waals surface area contributed by atoms with Crippen LogP contribution in [0.5, 0.6) is 11.5 Å². The van der Waals surface area contributed by atoms with Crippen LogP contribution < -0.4 is 14.8 Å². The Balaban J connectivity index is 1.70. The Kier molecular flexibility index (Phi) is 5.71. The number of anilines is 1. The molecule has 2 aromatic heterocycles. The third-order valence-corrected chi connectivity index (χ3v) is 4.85. The smallest absolute Gasteiger partial charge is 0.339 e. The molecule has 2 aromatic carbocycles. The van der Waals surface area contributed by atoms with E-state index in [4.69, 9.17) is 14.2 Å². The highest BCUT2D eigenvalue weighted by atomic mass is 16.5. The van der Waals surface area contributed by atoms with Gasteiger partial charge in [-0.15, -0.1) is 0 Å². The lowest BCUT2D eigenvalue weighted by molar-refractivity contribution is 0.0602. The molecule has 0 aliphatic rings. The Bertz CT molecular complexity index is 1310. The maximum absolute atomic E-state index is 12.9. The predicted octanol–water partition coefficient (Wildman–Crippen LogP) is 3.45. The Morgan fingerprint density at radius 1 is 0.938 bits per heavy atom. The summed E-state index contributed by atoms with van der Waals surface area (Å²) in [4.78, 5) is 29.1. The van der Waals surface area contributed by atoms with Gasteiger partial charge in [0, 0.05) is 17.8 Å². The van der Waals surface area contributed by atoms with Gasteiger partial charge in [-0.25, -0.2) is 14.3 Å². The van der Waals surface area contributed by atoms with Gasteiger partial charge in [-0.1, -0.05) is 12.1 Å². The molecule has 9 heteroatoms. The summed E-state index contributed by atoms with van der Waals surface area (Å²) in [5, 5.41) is 7.15. The van der Waals surface area contributed by atoms with E-state index in [2.05, 4.69) is 15.4 Å². The van der Waals surface area contributed by atoms with Gasteiger partial charge < -0.3 is 19.5 Å². The van der Waals surface area contributed by atoms with Gasteiger partial charge in [-0.3, -0.25) is 4.79 Å². The number of nitrogens with one attached hydrogen (secondary N) is 1. The van der Waals surface area contributed by atoms with Gasteiger partial charge in [0.25, 0.3) is 5.91 Å². The number of amides is 1. The minimum Gasteiger partial charge on any atom is -0.493 e. The number of hydrogen-bond acceptors (Lipinski definition) is 7. The fourth-order valence-electron chi connectivity index (χ4n) is 3.29.